The van der Waals surface area contributed by atoms with Crippen molar-refractivity contribution < 1.29 is 28.5 Å². The topological polar surface area (TPSA) is 99.0 Å². The lowest BCUT2D eigenvalue weighted by molar-refractivity contribution is 0.0725. The summed E-state index contributed by atoms with van der Waals surface area (Å²) in [6, 6.07) is 45.1. The highest BCUT2D eigenvalue weighted by molar-refractivity contribution is 5.92. The Balaban J connectivity index is 0.795. The SMILES string of the molecule is CCCCCCCCCCCCCCCCCCOc1ccc(C(=O)Oc2ccc(N=Cc3ccc(N(C)c4ccc(C=Nc5ccc(OC(=O)c6ccc(OCCCCCCCCCCCCCCCCCC)cc6)cc5)cc4)cc3)cc2)cc1. The lowest BCUT2D eigenvalue weighted by Crippen LogP contribution is -2.09. The minimum Gasteiger partial charge on any atom is -0.494 e. The lowest BCUT2D eigenvalue weighted by Gasteiger charge is -2.19. The fraction of sp³-hybridized carbons (Fsp3) is 0.481. The van der Waals surface area contributed by atoms with Crippen LogP contribution >= 0.6 is 0 Å². The number of ether oxygens (including phenoxy) is 4. The molecule has 0 aliphatic carbocycles. The smallest absolute Gasteiger partial charge is 0.343 e. The van der Waals surface area contributed by atoms with E-state index in [0.717, 1.165) is 58.2 Å². The van der Waals surface area contributed by atoms with Crippen molar-refractivity contribution in [2.24, 2.45) is 9.98 Å². The molecule has 6 aromatic carbocycles. The molecule has 0 radical (unpaired) electrons. The van der Waals surface area contributed by atoms with E-state index in [1.54, 1.807) is 48.5 Å². The van der Waals surface area contributed by atoms with Crippen molar-refractivity contribution in [1.82, 2.24) is 0 Å². The van der Waals surface area contributed by atoms with Gasteiger partial charge in [-0.25, -0.2) is 9.59 Å². The van der Waals surface area contributed by atoms with E-state index in [-0.39, 0.29) is 0 Å². The normalized spacial score (nSPS) is 11.4. The number of unbranched alkanes of at least 4 members (excludes halogenated alkanes) is 30. The van der Waals surface area contributed by atoms with Crippen LogP contribution in [0.25, 0.3) is 0 Å². The second-order valence-corrected chi connectivity index (χ2v) is 23.4. The Morgan fingerprint density at radius 2 is 0.581 bits per heavy atom. The van der Waals surface area contributed by atoms with Gasteiger partial charge in [-0.1, -0.05) is 231 Å². The second-order valence-electron chi connectivity index (χ2n) is 23.4. The Bertz CT molecular complexity index is 2580. The number of carbonyl (C=O) groups is 2. The number of benzene rings is 6. The zero-order valence-electron chi connectivity index (χ0n) is 52.8. The van der Waals surface area contributed by atoms with Crippen LogP contribution in [-0.2, 0) is 0 Å². The molecule has 0 N–H and O–H groups in total. The first-order chi connectivity index (χ1) is 42.4. The molecule has 86 heavy (non-hydrogen) atoms. The quantitative estimate of drug-likeness (QED) is 0.0162. The van der Waals surface area contributed by atoms with E-state index in [9.17, 15) is 9.59 Å². The molecule has 0 atom stereocenters. The number of aliphatic imine (C=N–C) groups is 2. The Labute approximate surface area is 518 Å². The minimum absolute atomic E-state index is 0.417. The molecule has 0 amide bonds. The zero-order chi connectivity index (χ0) is 60.3. The fourth-order valence-corrected chi connectivity index (χ4v) is 10.6. The highest BCUT2D eigenvalue weighted by atomic mass is 16.5. The van der Waals surface area contributed by atoms with Crippen molar-refractivity contribution in [3.05, 3.63) is 168 Å². The van der Waals surface area contributed by atoms with Crippen molar-refractivity contribution in [1.29, 1.82) is 0 Å². The van der Waals surface area contributed by atoms with Gasteiger partial charge in [0, 0.05) is 30.9 Å². The average Bonchev–Trinajstić information content (AvgIpc) is 3.70. The van der Waals surface area contributed by atoms with Crippen LogP contribution in [-0.4, -0.2) is 44.6 Å². The van der Waals surface area contributed by atoms with E-state index >= 15 is 0 Å². The van der Waals surface area contributed by atoms with Gasteiger partial charge in [0.1, 0.15) is 23.0 Å². The molecule has 9 nitrogen and oxygen atoms in total. The standard InChI is InChI=1S/C77H103N3O6/c1-4-6-8-10-12-14-16-18-20-22-24-26-28-30-32-34-60-83-72-52-40-66(41-53-72)76(81)85-74-56-44-68(45-57-74)78-62-64-36-48-70(49-37-64)80(3)71-50-38-65(39-51-71)63-79-69-46-58-75(59-47-69)86-77(82)67-42-54-73(55-43-67)84-61-35-33-31-29-27-25-23-21-19-17-15-13-11-9-7-5-2/h36-59,62-63H,4-35,60-61H2,1-3H3. The maximum absolute atomic E-state index is 12.9. The van der Waals surface area contributed by atoms with Gasteiger partial charge in [-0.2, -0.15) is 0 Å². The Morgan fingerprint density at radius 3 is 0.860 bits per heavy atom. The predicted molar refractivity (Wildman–Crippen MR) is 361 cm³/mol. The third-order valence-corrected chi connectivity index (χ3v) is 16.1. The summed E-state index contributed by atoms with van der Waals surface area (Å²) in [7, 11) is 2.04. The predicted octanol–water partition coefficient (Wildman–Crippen LogP) is 22.7. The highest BCUT2D eigenvalue weighted by Crippen LogP contribution is 2.27. The third-order valence-electron chi connectivity index (χ3n) is 16.1. The fourth-order valence-electron chi connectivity index (χ4n) is 10.6. The van der Waals surface area contributed by atoms with Gasteiger partial charge in [0.15, 0.2) is 0 Å². The van der Waals surface area contributed by atoms with Crippen LogP contribution in [0.15, 0.2) is 156 Å². The number of hydrogen-bond acceptors (Lipinski definition) is 9. The first kappa shape index (κ1) is 68.1. The molecular formula is C77H103N3O6. The molecule has 0 aliphatic heterocycles. The van der Waals surface area contributed by atoms with Gasteiger partial charge >= 0.3 is 11.9 Å². The van der Waals surface area contributed by atoms with Crippen LogP contribution < -0.4 is 23.8 Å². The lowest BCUT2D eigenvalue weighted by atomic mass is 10.0. The van der Waals surface area contributed by atoms with Crippen molar-refractivity contribution in [3.8, 4) is 23.0 Å². The average molecular weight is 1170 g/mol. The van der Waals surface area contributed by atoms with Crippen molar-refractivity contribution in [2.75, 3.05) is 25.2 Å². The molecule has 0 heterocycles. The Morgan fingerprint density at radius 1 is 0.326 bits per heavy atom. The van der Waals surface area contributed by atoms with Gasteiger partial charge < -0.3 is 23.8 Å². The van der Waals surface area contributed by atoms with E-state index in [0.29, 0.717) is 35.8 Å². The van der Waals surface area contributed by atoms with Gasteiger partial charge in [0.2, 0.25) is 0 Å². The van der Waals surface area contributed by atoms with E-state index in [4.69, 9.17) is 18.9 Å². The van der Waals surface area contributed by atoms with E-state index in [1.165, 1.54) is 193 Å². The number of anilines is 2. The van der Waals surface area contributed by atoms with Crippen LogP contribution in [0.3, 0.4) is 0 Å². The zero-order valence-corrected chi connectivity index (χ0v) is 52.8. The maximum atomic E-state index is 12.9. The number of carbonyl (C=O) groups excluding carboxylic acids is 2. The molecule has 0 spiro atoms. The summed E-state index contributed by atoms with van der Waals surface area (Å²) >= 11 is 0. The first-order valence-corrected chi connectivity index (χ1v) is 33.5. The largest absolute Gasteiger partial charge is 0.494 e. The summed E-state index contributed by atoms with van der Waals surface area (Å²) in [5, 5.41) is 0. The van der Waals surface area contributed by atoms with E-state index in [1.807, 2.05) is 92.3 Å². The first-order valence-electron chi connectivity index (χ1n) is 33.5. The minimum atomic E-state index is -0.417. The Hall–Kier alpha value is -7.00. The number of nitrogens with zero attached hydrogens (tertiary/aromatic N) is 3. The van der Waals surface area contributed by atoms with Gasteiger partial charge in [-0.15, -0.1) is 0 Å². The van der Waals surface area contributed by atoms with Gasteiger partial charge in [0.05, 0.1) is 35.7 Å². The second kappa shape index (κ2) is 42.8. The van der Waals surface area contributed by atoms with E-state index < -0.39 is 11.9 Å². The molecule has 0 saturated heterocycles. The monoisotopic (exact) mass is 1170 g/mol. The van der Waals surface area contributed by atoms with Crippen molar-refractivity contribution in [3.63, 3.8) is 0 Å². The third kappa shape index (κ3) is 28.5. The van der Waals surface area contributed by atoms with Crippen LogP contribution in [0.2, 0.25) is 0 Å². The van der Waals surface area contributed by atoms with Crippen molar-refractivity contribution >= 4 is 47.1 Å². The summed E-state index contributed by atoms with van der Waals surface area (Å²) < 4.78 is 23.2. The molecule has 0 bridgehead atoms. The summed E-state index contributed by atoms with van der Waals surface area (Å²) in [4.78, 5) is 37.3. The molecule has 0 aliphatic rings. The number of rotatable bonds is 46. The molecule has 9 heteroatoms. The van der Waals surface area contributed by atoms with Gasteiger partial charge in [0.25, 0.3) is 0 Å². The summed E-state index contributed by atoms with van der Waals surface area (Å²) in [6.07, 6.45) is 46.7. The van der Waals surface area contributed by atoms with Crippen LogP contribution in [0.5, 0.6) is 23.0 Å². The van der Waals surface area contributed by atoms with Crippen LogP contribution in [0, 0.1) is 0 Å². The van der Waals surface area contributed by atoms with Gasteiger partial charge in [-0.3, -0.25) is 9.98 Å². The van der Waals surface area contributed by atoms with Crippen molar-refractivity contribution in [2.45, 2.75) is 219 Å². The Kier molecular flexibility index (Phi) is 33.9. The molecule has 0 aromatic heterocycles. The number of hydrogen-bond donors (Lipinski definition) is 0. The molecule has 6 aromatic rings. The van der Waals surface area contributed by atoms with Crippen LogP contribution in [0.1, 0.15) is 251 Å². The highest BCUT2D eigenvalue weighted by Gasteiger charge is 2.12. The molecular weight excluding hydrogens is 1060 g/mol. The maximum Gasteiger partial charge on any atom is 0.343 e. The molecule has 0 fully saturated rings. The van der Waals surface area contributed by atoms with Crippen LogP contribution in [0.4, 0.5) is 22.7 Å². The molecule has 0 unspecified atom stereocenters. The summed E-state index contributed by atoms with van der Waals surface area (Å²) in [6.45, 7) is 5.94. The molecule has 462 valence electrons. The summed E-state index contributed by atoms with van der Waals surface area (Å²) in [5.74, 6) is 1.61. The number of esters is 2. The van der Waals surface area contributed by atoms with E-state index in [2.05, 4.69) is 53.0 Å². The molecule has 0 saturated carbocycles. The van der Waals surface area contributed by atoms with Gasteiger partial charge in [-0.05, 0) is 145 Å². The molecule has 6 rings (SSSR count). The summed E-state index contributed by atoms with van der Waals surface area (Å²) in [5.41, 5.74) is 6.42.